The summed E-state index contributed by atoms with van der Waals surface area (Å²) in [6.45, 7) is 1.56. The first-order valence-corrected chi connectivity index (χ1v) is 10.5. The number of ether oxygens (including phenoxy) is 1. The molecule has 28 heavy (non-hydrogen) atoms. The molecule has 1 aromatic carbocycles. The Morgan fingerprint density at radius 3 is 2.68 bits per heavy atom. The van der Waals surface area contributed by atoms with Crippen molar-refractivity contribution in [3.05, 3.63) is 64.1 Å². The predicted octanol–water partition coefficient (Wildman–Crippen LogP) is 5.41. The molecule has 0 saturated carbocycles. The Balaban J connectivity index is 1.84. The number of benzene rings is 1. The summed E-state index contributed by atoms with van der Waals surface area (Å²) in [6.07, 6.45) is 5.59. The summed E-state index contributed by atoms with van der Waals surface area (Å²) in [5.41, 5.74) is 3.99. The predicted molar refractivity (Wildman–Crippen MR) is 114 cm³/mol. The number of hydrogen-bond acceptors (Lipinski definition) is 4. The van der Waals surface area contributed by atoms with Crippen molar-refractivity contribution in [1.29, 1.82) is 0 Å². The molecule has 0 N–H and O–H groups in total. The van der Waals surface area contributed by atoms with Crippen molar-refractivity contribution >= 4 is 49.6 Å². The quantitative estimate of drug-likeness (QED) is 0.386. The van der Waals surface area contributed by atoms with Crippen LogP contribution < -0.4 is 0 Å². The van der Waals surface area contributed by atoms with E-state index in [0.717, 1.165) is 52.6 Å². The van der Waals surface area contributed by atoms with Crippen molar-refractivity contribution in [2.24, 2.45) is 5.92 Å². The zero-order chi connectivity index (χ0) is 19.1. The molecule has 1 saturated heterocycles. The molecular formula is C21H18BrClN4O. The van der Waals surface area contributed by atoms with E-state index in [9.17, 15) is 0 Å². The third-order valence-electron chi connectivity index (χ3n) is 5.45. The Labute approximate surface area is 175 Å². The second kappa shape index (κ2) is 7.43. The van der Waals surface area contributed by atoms with Gasteiger partial charge < -0.3 is 9.30 Å². The van der Waals surface area contributed by atoms with Crippen molar-refractivity contribution in [3.63, 3.8) is 0 Å². The van der Waals surface area contributed by atoms with E-state index in [2.05, 4.69) is 65.8 Å². The molecule has 1 aliphatic heterocycles. The zero-order valence-corrected chi connectivity index (χ0v) is 17.4. The molecule has 7 heteroatoms. The third kappa shape index (κ3) is 3.09. The van der Waals surface area contributed by atoms with Gasteiger partial charge in [0.05, 0.1) is 22.5 Å². The zero-order valence-electron chi connectivity index (χ0n) is 15.1. The fourth-order valence-corrected chi connectivity index (χ4v) is 4.68. The minimum Gasteiger partial charge on any atom is -0.381 e. The highest BCUT2D eigenvalue weighted by atomic mass is 79.9. The van der Waals surface area contributed by atoms with Crippen LogP contribution in [0.5, 0.6) is 0 Å². The van der Waals surface area contributed by atoms with E-state index in [1.165, 1.54) is 5.56 Å². The molecule has 4 heterocycles. The maximum Gasteiger partial charge on any atom is 0.224 e. The van der Waals surface area contributed by atoms with E-state index in [1.807, 2.05) is 12.3 Å². The highest BCUT2D eigenvalue weighted by molar-refractivity contribution is 9.10. The lowest BCUT2D eigenvalue weighted by Crippen LogP contribution is -2.27. The van der Waals surface area contributed by atoms with Gasteiger partial charge in [0.15, 0.2) is 0 Å². The second-order valence-electron chi connectivity index (χ2n) is 7.07. The Bertz CT molecular complexity index is 1080. The number of halogens is 2. The summed E-state index contributed by atoms with van der Waals surface area (Å²) in [4.78, 5) is 13.5. The lowest BCUT2D eigenvalue weighted by molar-refractivity contribution is 0.0552. The van der Waals surface area contributed by atoms with Crippen molar-refractivity contribution in [2.45, 2.75) is 18.9 Å². The minimum absolute atomic E-state index is 0.118. The molecule has 5 rings (SSSR count). The Morgan fingerprint density at radius 2 is 1.89 bits per heavy atom. The Kier molecular flexibility index (Phi) is 4.78. The molecule has 0 unspecified atom stereocenters. The van der Waals surface area contributed by atoms with Crippen molar-refractivity contribution in [2.75, 3.05) is 13.2 Å². The fourth-order valence-electron chi connectivity index (χ4n) is 4.23. The number of hydrogen-bond donors (Lipinski definition) is 0. The largest absolute Gasteiger partial charge is 0.381 e. The first kappa shape index (κ1) is 18.0. The van der Waals surface area contributed by atoms with Gasteiger partial charge in [-0.1, -0.05) is 30.3 Å². The van der Waals surface area contributed by atoms with Crippen LogP contribution in [0.1, 0.15) is 24.4 Å². The highest BCUT2D eigenvalue weighted by Crippen LogP contribution is 2.40. The molecule has 5 nitrogen and oxygen atoms in total. The van der Waals surface area contributed by atoms with Crippen LogP contribution in [0.25, 0.3) is 22.1 Å². The average Bonchev–Trinajstić information content (AvgIpc) is 3.02. The molecule has 0 aliphatic carbocycles. The van der Waals surface area contributed by atoms with E-state index in [1.54, 1.807) is 6.20 Å². The van der Waals surface area contributed by atoms with E-state index in [4.69, 9.17) is 16.3 Å². The fraction of sp³-hybridized carbons (Fsp3) is 0.286. The first-order chi connectivity index (χ1) is 13.7. The normalized spacial score (nSPS) is 16.6. The topological polar surface area (TPSA) is 52.8 Å². The van der Waals surface area contributed by atoms with Crippen molar-refractivity contribution < 1.29 is 4.74 Å². The van der Waals surface area contributed by atoms with Gasteiger partial charge in [0.2, 0.25) is 5.28 Å². The van der Waals surface area contributed by atoms with E-state index < -0.39 is 0 Å². The SMILES string of the molecule is Clc1ncc2c3ncc(Br)cc3n([C@H](c3ccccc3)C3CCOCC3)c2n1. The maximum absolute atomic E-state index is 6.20. The van der Waals surface area contributed by atoms with Crippen LogP contribution in [0.2, 0.25) is 5.28 Å². The van der Waals surface area contributed by atoms with Gasteiger partial charge in [0.1, 0.15) is 5.65 Å². The van der Waals surface area contributed by atoms with Gasteiger partial charge in [-0.15, -0.1) is 0 Å². The molecule has 3 aromatic heterocycles. The molecule has 1 aliphatic rings. The van der Waals surface area contributed by atoms with Gasteiger partial charge in [-0.2, -0.15) is 4.98 Å². The van der Waals surface area contributed by atoms with Crippen LogP contribution in [-0.2, 0) is 4.74 Å². The second-order valence-corrected chi connectivity index (χ2v) is 8.33. The van der Waals surface area contributed by atoms with Crippen LogP contribution in [0, 0.1) is 5.92 Å². The number of aromatic nitrogens is 4. The number of nitrogens with zero attached hydrogens (tertiary/aromatic N) is 4. The summed E-state index contributed by atoms with van der Waals surface area (Å²) < 4.78 is 8.87. The van der Waals surface area contributed by atoms with Crippen LogP contribution >= 0.6 is 27.5 Å². The van der Waals surface area contributed by atoms with Crippen LogP contribution in [0.15, 0.2) is 53.3 Å². The van der Waals surface area contributed by atoms with Gasteiger partial charge >= 0.3 is 0 Å². The molecule has 1 atom stereocenters. The monoisotopic (exact) mass is 456 g/mol. The molecule has 0 radical (unpaired) electrons. The van der Waals surface area contributed by atoms with E-state index in [0.29, 0.717) is 5.92 Å². The molecule has 0 bridgehead atoms. The highest BCUT2D eigenvalue weighted by Gasteiger charge is 2.30. The summed E-state index contributed by atoms with van der Waals surface area (Å²) in [7, 11) is 0. The standard InChI is InChI=1S/C21H18BrClN4O/c22-15-10-17-18(24-11-15)16-12-25-21(23)26-20(16)27(17)19(13-4-2-1-3-5-13)14-6-8-28-9-7-14/h1-5,10-12,14,19H,6-9H2/t19-/m1/s1. The van der Waals surface area contributed by atoms with Gasteiger partial charge in [-0.05, 0) is 57.9 Å². The lowest BCUT2D eigenvalue weighted by atomic mass is 9.86. The van der Waals surface area contributed by atoms with E-state index in [-0.39, 0.29) is 11.3 Å². The summed E-state index contributed by atoms with van der Waals surface area (Å²) in [6, 6.07) is 12.8. The number of fused-ring (bicyclic) bond motifs is 3. The first-order valence-electron chi connectivity index (χ1n) is 9.33. The molecule has 0 spiro atoms. The van der Waals surface area contributed by atoms with Crippen LogP contribution in [0.3, 0.4) is 0 Å². The Hall–Kier alpha value is -2.02. The maximum atomic E-state index is 6.20. The average molecular weight is 458 g/mol. The molecule has 0 amide bonds. The lowest BCUT2D eigenvalue weighted by Gasteiger charge is -2.32. The molecule has 1 fully saturated rings. The van der Waals surface area contributed by atoms with Gasteiger partial charge in [-0.25, -0.2) is 4.98 Å². The summed E-state index contributed by atoms with van der Waals surface area (Å²) >= 11 is 9.78. The molecular weight excluding hydrogens is 440 g/mol. The number of pyridine rings is 1. The summed E-state index contributed by atoms with van der Waals surface area (Å²) in [5.74, 6) is 0.433. The van der Waals surface area contributed by atoms with Gasteiger partial charge in [0.25, 0.3) is 0 Å². The van der Waals surface area contributed by atoms with E-state index >= 15 is 0 Å². The van der Waals surface area contributed by atoms with Gasteiger partial charge in [-0.3, -0.25) is 4.98 Å². The van der Waals surface area contributed by atoms with Crippen LogP contribution in [0.4, 0.5) is 0 Å². The minimum atomic E-state index is 0.118. The van der Waals surface area contributed by atoms with Crippen molar-refractivity contribution in [3.8, 4) is 0 Å². The third-order valence-corrected chi connectivity index (χ3v) is 6.06. The van der Waals surface area contributed by atoms with Crippen LogP contribution in [-0.4, -0.2) is 32.7 Å². The van der Waals surface area contributed by atoms with Crippen molar-refractivity contribution in [1.82, 2.24) is 19.5 Å². The Morgan fingerprint density at radius 1 is 1.11 bits per heavy atom. The summed E-state index contributed by atoms with van der Waals surface area (Å²) in [5, 5.41) is 1.16. The molecule has 4 aromatic rings. The molecule has 142 valence electrons. The smallest absolute Gasteiger partial charge is 0.224 e. The van der Waals surface area contributed by atoms with Gasteiger partial charge in [0, 0.05) is 30.1 Å². The number of rotatable bonds is 3.